The van der Waals surface area contributed by atoms with E-state index in [9.17, 15) is 22.8 Å². The third-order valence-electron chi connectivity index (χ3n) is 4.93. The summed E-state index contributed by atoms with van der Waals surface area (Å²) >= 11 is 0. The second kappa shape index (κ2) is 8.26. The molecule has 0 unspecified atom stereocenters. The van der Waals surface area contributed by atoms with Gasteiger partial charge in [0.1, 0.15) is 6.54 Å². The van der Waals surface area contributed by atoms with Gasteiger partial charge in [0, 0.05) is 35.9 Å². The van der Waals surface area contributed by atoms with Gasteiger partial charge in [-0.3, -0.25) is 9.36 Å². The highest BCUT2D eigenvalue weighted by molar-refractivity contribution is 5.91. The summed E-state index contributed by atoms with van der Waals surface area (Å²) in [6.07, 6.45) is -1.82. The first kappa shape index (κ1) is 20.9. The fourth-order valence-corrected chi connectivity index (χ4v) is 3.56. The van der Waals surface area contributed by atoms with Crippen molar-refractivity contribution in [2.75, 3.05) is 23.3 Å². The fraction of sp³-hybridized carbons (Fsp3) is 0.450. The smallest absolute Gasteiger partial charge is 0.371 e. The highest BCUT2D eigenvalue weighted by Gasteiger charge is 2.35. The Balaban J connectivity index is 1.82. The quantitative estimate of drug-likeness (QED) is 0.841. The number of carbonyl (C=O) groups is 1. The van der Waals surface area contributed by atoms with Crippen molar-refractivity contribution >= 4 is 17.3 Å². The molecule has 2 heterocycles. The number of aromatic nitrogens is 2. The van der Waals surface area contributed by atoms with Crippen LogP contribution in [0.15, 0.2) is 29.1 Å². The molecule has 3 rings (SSSR count). The van der Waals surface area contributed by atoms with E-state index in [0.717, 1.165) is 25.3 Å². The van der Waals surface area contributed by atoms with Gasteiger partial charge in [0.25, 0.3) is 0 Å². The maximum absolute atomic E-state index is 13.6. The molecule has 1 aromatic heterocycles. The number of benzene rings is 1. The van der Waals surface area contributed by atoms with Gasteiger partial charge in [0.2, 0.25) is 5.91 Å². The van der Waals surface area contributed by atoms with Crippen LogP contribution in [0.25, 0.3) is 0 Å². The highest BCUT2D eigenvalue weighted by atomic mass is 19.4. The van der Waals surface area contributed by atoms with Crippen LogP contribution in [-0.2, 0) is 17.5 Å². The number of hydrogen-bond donors (Lipinski definition) is 1. The molecule has 6 nitrogen and oxygen atoms in total. The number of nitrogens with zero attached hydrogens (tertiary/aromatic N) is 3. The van der Waals surface area contributed by atoms with E-state index in [0.29, 0.717) is 24.5 Å². The molecule has 0 atom stereocenters. The molecule has 29 heavy (non-hydrogen) atoms. The second-order valence-electron chi connectivity index (χ2n) is 7.23. The topological polar surface area (TPSA) is 67.2 Å². The number of anilines is 2. The molecule has 0 saturated carbocycles. The Bertz CT molecular complexity index is 963. The SMILES string of the molecule is Cc1cc(C)n(CC(=O)Nc2ccc(N3CCCCC3)c(C(F)(F)F)c2)c(=O)n1. The zero-order chi connectivity index (χ0) is 21.2. The zero-order valence-corrected chi connectivity index (χ0v) is 16.3. The monoisotopic (exact) mass is 408 g/mol. The third-order valence-corrected chi connectivity index (χ3v) is 4.93. The van der Waals surface area contributed by atoms with Crippen molar-refractivity contribution in [3.05, 3.63) is 51.7 Å². The van der Waals surface area contributed by atoms with E-state index in [1.165, 1.54) is 16.7 Å². The molecule has 0 radical (unpaired) electrons. The summed E-state index contributed by atoms with van der Waals surface area (Å²) < 4.78 is 42.0. The Labute approximate surface area is 166 Å². The second-order valence-corrected chi connectivity index (χ2v) is 7.23. The van der Waals surface area contributed by atoms with E-state index in [1.807, 2.05) is 0 Å². The molecule has 1 aliphatic rings. The number of rotatable bonds is 4. The number of alkyl halides is 3. The van der Waals surface area contributed by atoms with Gasteiger partial charge in [0.05, 0.1) is 5.56 Å². The van der Waals surface area contributed by atoms with Crippen LogP contribution >= 0.6 is 0 Å². The minimum atomic E-state index is -4.54. The van der Waals surface area contributed by atoms with E-state index < -0.39 is 23.3 Å². The molecule has 0 aliphatic carbocycles. The predicted octanol–water partition coefficient (Wildman–Crippen LogP) is 3.51. The van der Waals surface area contributed by atoms with Crippen molar-refractivity contribution in [1.82, 2.24) is 9.55 Å². The molecule has 9 heteroatoms. The van der Waals surface area contributed by atoms with Gasteiger partial charge in [-0.05, 0) is 57.4 Å². The number of piperidine rings is 1. The third kappa shape index (κ3) is 4.96. The predicted molar refractivity (Wildman–Crippen MR) is 104 cm³/mol. The minimum Gasteiger partial charge on any atom is -0.371 e. The number of carbonyl (C=O) groups excluding carboxylic acids is 1. The number of hydrogen-bond acceptors (Lipinski definition) is 4. The van der Waals surface area contributed by atoms with Crippen LogP contribution in [0.3, 0.4) is 0 Å². The van der Waals surface area contributed by atoms with Gasteiger partial charge in [-0.15, -0.1) is 0 Å². The molecule has 1 aliphatic heterocycles. The van der Waals surface area contributed by atoms with Crippen LogP contribution in [0, 0.1) is 13.8 Å². The van der Waals surface area contributed by atoms with Crippen LogP contribution in [-0.4, -0.2) is 28.5 Å². The summed E-state index contributed by atoms with van der Waals surface area (Å²) in [5.41, 5.74) is -0.100. The van der Waals surface area contributed by atoms with E-state index in [2.05, 4.69) is 10.3 Å². The van der Waals surface area contributed by atoms with Crippen molar-refractivity contribution in [2.24, 2.45) is 0 Å². The number of halogens is 3. The Morgan fingerprint density at radius 1 is 1.14 bits per heavy atom. The van der Waals surface area contributed by atoms with Crippen LogP contribution in [0.1, 0.15) is 36.2 Å². The average Bonchev–Trinajstić information content (AvgIpc) is 2.64. The minimum absolute atomic E-state index is 0.0360. The number of nitrogens with one attached hydrogen (secondary N) is 1. The Morgan fingerprint density at radius 2 is 1.83 bits per heavy atom. The van der Waals surface area contributed by atoms with Gasteiger partial charge in [-0.25, -0.2) is 4.79 Å². The molecule has 0 bridgehead atoms. The van der Waals surface area contributed by atoms with Crippen molar-refractivity contribution in [1.29, 1.82) is 0 Å². The van der Waals surface area contributed by atoms with Gasteiger partial charge in [-0.2, -0.15) is 18.2 Å². The summed E-state index contributed by atoms with van der Waals surface area (Å²) in [6, 6.07) is 5.46. The number of amides is 1. The van der Waals surface area contributed by atoms with Crippen LogP contribution < -0.4 is 15.9 Å². The Kier molecular flexibility index (Phi) is 5.95. The summed E-state index contributed by atoms with van der Waals surface area (Å²) in [6.45, 7) is 4.17. The largest absolute Gasteiger partial charge is 0.418 e. The van der Waals surface area contributed by atoms with Gasteiger partial charge < -0.3 is 10.2 Å². The zero-order valence-electron chi connectivity index (χ0n) is 16.3. The van der Waals surface area contributed by atoms with E-state index >= 15 is 0 Å². The highest BCUT2D eigenvalue weighted by Crippen LogP contribution is 2.39. The molecule has 1 aromatic carbocycles. The van der Waals surface area contributed by atoms with Gasteiger partial charge >= 0.3 is 11.9 Å². The molecule has 1 saturated heterocycles. The molecule has 1 fully saturated rings. The Morgan fingerprint density at radius 3 is 2.45 bits per heavy atom. The summed E-state index contributed by atoms with van der Waals surface area (Å²) in [5, 5.41) is 2.46. The lowest BCUT2D eigenvalue weighted by molar-refractivity contribution is -0.137. The first-order valence-corrected chi connectivity index (χ1v) is 9.46. The van der Waals surface area contributed by atoms with Crippen LogP contribution in [0.2, 0.25) is 0 Å². The summed E-state index contributed by atoms with van der Waals surface area (Å²) in [5.74, 6) is -0.597. The first-order valence-electron chi connectivity index (χ1n) is 9.46. The molecule has 2 aromatic rings. The lowest BCUT2D eigenvalue weighted by Gasteiger charge is -2.31. The normalized spacial score (nSPS) is 14.7. The van der Waals surface area contributed by atoms with E-state index in [4.69, 9.17) is 0 Å². The van der Waals surface area contributed by atoms with Crippen LogP contribution in [0.4, 0.5) is 24.5 Å². The van der Waals surface area contributed by atoms with Gasteiger partial charge in [-0.1, -0.05) is 0 Å². The van der Waals surface area contributed by atoms with E-state index in [1.54, 1.807) is 24.8 Å². The molecule has 0 spiro atoms. The Hall–Kier alpha value is -2.84. The lowest BCUT2D eigenvalue weighted by Crippen LogP contribution is -2.32. The number of aryl methyl sites for hydroxylation is 2. The van der Waals surface area contributed by atoms with E-state index in [-0.39, 0.29) is 17.9 Å². The van der Waals surface area contributed by atoms with Crippen molar-refractivity contribution < 1.29 is 18.0 Å². The maximum atomic E-state index is 13.6. The van der Waals surface area contributed by atoms with Gasteiger partial charge in [0.15, 0.2) is 0 Å². The van der Waals surface area contributed by atoms with Crippen LogP contribution in [0.5, 0.6) is 0 Å². The molecule has 156 valence electrons. The maximum Gasteiger partial charge on any atom is 0.418 e. The molecule has 1 N–H and O–H groups in total. The fourth-order valence-electron chi connectivity index (χ4n) is 3.56. The standard InChI is InChI=1S/C20H23F3N4O2/c1-13-10-14(2)27(19(29)24-13)12-18(28)25-15-6-7-17(16(11-15)20(21,22)23)26-8-4-3-5-9-26/h6-7,10-11H,3-5,8-9,12H2,1-2H3,(H,25,28). The lowest BCUT2D eigenvalue weighted by atomic mass is 10.1. The average molecular weight is 408 g/mol. The molecule has 1 amide bonds. The summed E-state index contributed by atoms with van der Waals surface area (Å²) in [4.78, 5) is 29.8. The van der Waals surface area contributed by atoms with Crippen molar-refractivity contribution in [2.45, 2.75) is 45.8 Å². The molecular formula is C20H23F3N4O2. The summed E-state index contributed by atoms with van der Waals surface area (Å²) in [7, 11) is 0. The van der Waals surface area contributed by atoms with Crippen molar-refractivity contribution in [3.63, 3.8) is 0 Å². The van der Waals surface area contributed by atoms with Crippen molar-refractivity contribution in [3.8, 4) is 0 Å². The first-order chi connectivity index (χ1) is 13.6. The molecular weight excluding hydrogens is 385 g/mol.